The molecule has 3 rings (SSSR count). The molecule has 3 aromatic rings. The predicted molar refractivity (Wildman–Crippen MR) is 99.8 cm³/mol. The monoisotopic (exact) mass is 351 g/mol. The molecular weight excluding hydrogens is 330 g/mol. The molecule has 0 unspecified atom stereocenters. The van der Waals surface area contributed by atoms with E-state index in [2.05, 4.69) is 0 Å². The molecule has 0 spiro atoms. The second-order valence-electron chi connectivity index (χ2n) is 6.26. The minimum Gasteiger partial charge on any atom is -0.464 e. The number of hydrogen-bond donors (Lipinski definition) is 0. The van der Waals surface area contributed by atoms with Gasteiger partial charge in [-0.1, -0.05) is 42.0 Å². The van der Waals surface area contributed by atoms with Crippen LogP contribution in [0.15, 0.2) is 64.0 Å². The number of benzene rings is 2. The van der Waals surface area contributed by atoms with Crippen molar-refractivity contribution in [1.29, 1.82) is 0 Å². The average Bonchev–Trinajstić information content (AvgIpc) is 2.65. The van der Waals surface area contributed by atoms with Gasteiger partial charge in [-0.15, -0.1) is 0 Å². The lowest BCUT2D eigenvalue weighted by Gasteiger charge is -2.22. The molecule has 26 heavy (non-hydrogen) atoms. The van der Waals surface area contributed by atoms with Crippen molar-refractivity contribution in [2.24, 2.45) is 0 Å². The van der Waals surface area contributed by atoms with E-state index < -0.39 is 0 Å². The third-order valence-electron chi connectivity index (χ3n) is 4.20. The second kappa shape index (κ2) is 7.97. The molecule has 0 saturated carbocycles. The van der Waals surface area contributed by atoms with Crippen molar-refractivity contribution in [3.63, 3.8) is 0 Å². The summed E-state index contributed by atoms with van der Waals surface area (Å²) in [5, 5.41) is 0.529. The Bertz CT molecular complexity index is 963. The summed E-state index contributed by atoms with van der Waals surface area (Å²) in [6.45, 7) is 2.46. The fraction of sp³-hybridized carbons (Fsp3) is 0.238. The van der Waals surface area contributed by atoms with Gasteiger partial charge in [0.05, 0.1) is 23.8 Å². The van der Waals surface area contributed by atoms with Crippen LogP contribution in [-0.2, 0) is 22.6 Å². The van der Waals surface area contributed by atoms with Crippen LogP contribution in [-0.4, -0.2) is 24.5 Å². The molecule has 1 amide bonds. The molecule has 0 bridgehead atoms. The van der Waals surface area contributed by atoms with Crippen LogP contribution in [0.25, 0.3) is 11.0 Å². The van der Waals surface area contributed by atoms with E-state index in [4.69, 9.17) is 9.15 Å². The molecule has 134 valence electrons. The molecule has 5 nitrogen and oxygen atoms in total. The number of hydrogen-bond acceptors (Lipinski definition) is 4. The van der Waals surface area contributed by atoms with Crippen LogP contribution in [0.3, 0.4) is 0 Å². The standard InChI is InChI=1S/C21H21NO4/c1-15-8-9-19-18(10-15)21(24)17(13-26-19)12-22(20(23)14-25-2)11-16-6-4-3-5-7-16/h3-10,13H,11-12,14H2,1-2H3. The first-order valence-corrected chi connectivity index (χ1v) is 8.40. The SMILES string of the molecule is COCC(=O)N(Cc1ccccc1)Cc1coc2ccc(C)cc2c1=O. The van der Waals surface area contributed by atoms with Gasteiger partial charge in [0.15, 0.2) is 5.43 Å². The minimum atomic E-state index is -0.180. The molecular formula is C21H21NO4. The molecule has 0 radical (unpaired) electrons. The van der Waals surface area contributed by atoms with E-state index in [1.807, 2.05) is 49.4 Å². The van der Waals surface area contributed by atoms with Crippen molar-refractivity contribution in [1.82, 2.24) is 4.90 Å². The maximum Gasteiger partial charge on any atom is 0.249 e. The Morgan fingerprint density at radius 1 is 1.12 bits per heavy atom. The smallest absolute Gasteiger partial charge is 0.249 e. The van der Waals surface area contributed by atoms with E-state index in [0.717, 1.165) is 11.1 Å². The quantitative estimate of drug-likeness (QED) is 0.684. The van der Waals surface area contributed by atoms with Crippen LogP contribution in [0.5, 0.6) is 0 Å². The van der Waals surface area contributed by atoms with Crippen LogP contribution >= 0.6 is 0 Å². The van der Waals surface area contributed by atoms with Crippen molar-refractivity contribution in [2.75, 3.05) is 13.7 Å². The lowest BCUT2D eigenvalue weighted by atomic mass is 10.1. The number of rotatable bonds is 6. The van der Waals surface area contributed by atoms with Gasteiger partial charge in [0.2, 0.25) is 5.91 Å². The minimum absolute atomic E-state index is 0.0368. The number of carbonyl (C=O) groups excluding carboxylic acids is 1. The summed E-state index contributed by atoms with van der Waals surface area (Å²) in [5.41, 5.74) is 2.85. The van der Waals surface area contributed by atoms with E-state index in [1.165, 1.54) is 13.4 Å². The fourth-order valence-corrected chi connectivity index (χ4v) is 2.85. The molecule has 0 aliphatic heterocycles. The number of carbonyl (C=O) groups is 1. The van der Waals surface area contributed by atoms with Crippen LogP contribution in [0.4, 0.5) is 0 Å². The average molecular weight is 351 g/mol. The number of aryl methyl sites for hydroxylation is 1. The van der Waals surface area contributed by atoms with Gasteiger partial charge in [-0.25, -0.2) is 0 Å². The number of methoxy groups -OCH3 is 1. The predicted octanol–water partition coefficient (Wildman–Crippen LogP) is 3.28. The van der Waals surface area contributed by atoms with Crippen molar-refractivity contribution < 1.29 is 13.9 Å². The lowest BCUT2D eigenvalue weighted by Crippen LogP contribution is -2.34. The summed E-state index contributed by atoms with van der Waals surface area (Å²) in [7, 11) is 1.48. The first kappa shape index (κ1) is 17.9. The van der Waals surface area contributed by atoms with Gasteiger partial charge in [0.25, 0.3) is 0 Å². The molecule has 1 heterocycles. The Kier molecular flexibility index (Phi) is 5.49. The Morgan fingerprint density at radius 3 is 2.62 bits per heavy atom. The van der Waals surface area contributed by atoms with Crippen LogP contribution in [0, 0.1) is 6.92 Å². The molecule has 5 heteroatoms. The Hall–Kier alpha value is -2.92. The fourth-order valence-electron chi connectivity index (χ4n) is 2.85. The maximum atomic E-state index is 12.8. The van der Waals surface area contributed by atoms with Gasteiger partial charge >= 0.3 is 0 Å². The van der Waals surface area contributed by atoms with E-state index in [0.29, 0.717) is 23.1 Å². The summed E-state index contributed by atoms with van der Waals surface area (Å²) in [6, 6.07) is 15.1. The first-order chi connectivity index (χ1) is 12.6. The van der Waals surface area contributed by atoms with Gasteiger partial charge in [-0.2, -0.15) is 0 Å². The molecule has 0 fully saturated rings. The third-order valence-corrected chi connectivity index (χ3v) is 4.20. The highest BCUT2D eigenvalue weighted by Gasteiger charge is 2.17. The van der Waals surface area contributed by atoms with Crippen LogP contribution in [0.2, 0.25) is 0 Å². The highest BCUT2D eigenvalue weighted by atomic mass is 16.5. The second-order valence-corrected chi connectivity index (χ2v) is 6.26. The third kappa shape index (κ3) is 4.00. The summed E-state index contributed by atoms with van der Waals surface area (Å²) < 4.78 is 10.6. The largest absolute Gasteiger partial charge is 0.464 e. The normalized spacial score (nSPS) is 10.8. The summed E-state index contributed by atoms with van der Waals surface area (Å²) in [4.78, 5) is 26.9. The molecule has 0 aliphatic carbocycles. The number of fused-ring (bicyclic) bond motifs is 1. The molecule has 0 saturated heterocycles. The topological polar surface area (TPSA) is 59.8 Å². The van der Waals surface area contributed by atoms with Crippen molar-refractivity contribution >= 4 is 16.9 Å². The number of ether oxygens (including phenoxy) is 1. The highest BCUT2D eigenvalue weighted by molar-refractivity contribution is 5.79. The summed E-state index contributed by atoms with van der Waals surface area (Å²) in [6.07, 6.45) is 1.44. The molecule has 2 aromatic carbocycles. The van der Waals surface area contributed by atoms with Gasteiger partial charge in [-0.05, 0) is 24.6 Å². The number of amides is 1. The van der Waals surface area contributed by atoms with E-state index in [-0.39, 0.29) is 24.5 Å². The molecule has 0 aliphatic rings. The molecule has 1 aromatic heterocycles. The summed E-state index contributed by atoms with van der Waals surface area (Å²) >= 11 is 0. The zero-order valence-electron chi connectivity index (χ0n) is 14.9. The zero-order chi connectivity index (χ0) is 18.5. The lowest BCUT2D eigenvalue weighted by molar-refractivity contribution is -0.136. The Labute approximate surface area is 151 Å². The van der Waals surface area contributed by atoms with Gasteiger partial charge in [-0.3, -0.25) is 9.59 Å². The van der Waals surface area contributed by atoms with Crippen molar-refractivity contribution in [3.8, 4) is 0 Å². The Morgan fingerprint density at radius 2 is 1.88 bits per heavy atom. The van der Waals surface area contributed by atoms with Crippen LogP contribution in [0.1, 0.15) is 16.7 Å². The molecule has 0 N–H and O–H groups in total. The van der Waals surface area contributed by atoms with Crippen LogP contribution < -0.4 is 5.43 Å². The molecule has 0 atom stereocenters. The van der Waals surface area contributed by atoms with Gasteiger partial charge < -0.3 is 14.1 Å². The van der Waals surface area contributed by atoms with E-state index in [1.54, 1.807) is 11.0 Å². The van der Waals surface area contributed by atoms with Crippen molar-refractivity contribution in [2.45, 2.75) is 20.0 Å². The first-order valence-electron chi connectivity index (χ1n) is 8.40. The van der Waals surface area contributed by atoms with E-state index >= 15 is 0 Å². The van der Waals surface area contributed by atoms with Gasteiger partial charge in [0, 0.05) is 13.7 Å². The maximum absolute atomic E-state index is 12.8. The zero-order valence-corrected chi connectivity index (χ0v) is 14.9. The van der Waals surface area contributed by atoms with Gasteiger partial charge in [0.1, 0.15) is 12.2 Å². The summed E-state index contributed by atoms with van der Waals surface area (Å²) in [5.74, 6) is -0.180. The van der Waals surface area contributed by atoms with E-state index in [9.17, 15) is 9.59 Å². The Balaban J connectivity index is 1.93. The highest BCUT2D eigenvalue weighted by Crippen LogP contribution is 2.15. The van der Waals surface area contributed by atoms with Crippen molar-refractivity contribution in [3.05, 3.63) is 81.7 Å². The number of nitrogens with zero attached hydrogens (tertiary/aromatic N) is 1.